The second-order valence-corrected chi connectivity index (χ2v) is 4.03. The minimum Gasteiger partial charge on any atom is -0.481 e. The number of carbonyl (C=O) groups is 1. The first-order valence-electron chi connectivity index (χ1n) is 5.67. The number of aliphatic carboxylic acids is 1. The van der Waals surface area contributed by atoms with E-state index >= 15 is 0 Å². The Bertz CT molecular complexity index is 179. The minimum atomic E-state index is -0.783. The second kappa shape index (κ2) is 7.65. The van der Waals surface area contributed by atoms with Crippen LogP contribution in [0.1, 0.15) is 45.4 Å². The molecule has 0 fully saturated rings. The molecule has 15 heavy (non-hydrogen) atoms. The summed E-state index contributed by atoms with van der Waals surface area (Å²) in [5.74, 6) is -0.783. The Morgan fingerprint density at radius 3 is 2.27 bits per heavy atom. The van der Waals surface area contributed by atoms with Crippen LogP contribution < -0.4 is 5.73 Å². The van der Waals surface area contributed by atoms with Crippen LogP contribution in [0.15, 0.2) is 0 Å². The summed E-state index contributed by atoms with van der Waals surface area (Å²) in [4.78, 5) is 11.1. The van der Waals surface area contributed by atoms with Gasteiger partial charge in [-0.25, -0.2) is 0 Å². The zero-order chi connectivity index (χ0) is 11.7. The molecule has 4 N–H and O–H groups in total. The summed E-state index contributed by atoms with van der Waals surface area (Å²) >= 11 is 0. The average Bonchev–Trinajstić information content (AvgIpc) is 2.23. The van der Waals surface area contributed by atoms with Gasteiger partial charge in [0.15, 0.2) is 0 Å². The van der Waals surface area contributed by atoms with Crippen LogP contribution in [0.4, 0.5) is 0 Å². The van der Waals surface area contributed by atoms with Crippen LogP contribution in [-0.2, 0) is 4.79 Å². The van der Waals surface area contributed by atoms with Crippen LogP contribution in [0.3, 0.4) is 0 Å². The van der Waals surface area contributed by atoms with Crippen molar-refractivity contribution in [3.8, 4) is 0 Å². The largest absolute Gasteiger partial charge is 0.481 e. The van der Waals surface area contributed by atoms with Crippen LogP contribution in [0.2, 0.25) is 0 Å². The standard InChI is InChI=1S/C11H23NO3/c1-2-11(9-12,10(14)15)7-5-3-4-6-8-13/h13H,2-9,12H2,1H3,(H,14,15). The SMILES string of the molecule is CCC(CN)(CCCCCCO)C(=O)O. The number of aliphatic hydroxyl groups is 1. The van der Waals surface area contributed by atoms with Crippen molar-refractivity contribution in [2.45, 2.75) is 45.4 Å². The fourth-order valence-electron chi connectivity index (χ4n) is 1.70. The number of hydrogen-bond acceptors (Lipinski definition) is 3. The van der Waals surface area contributed by atoms with Gasteiger partial charge in [-0.3, -0.25) is 4.79 Å². The predicted octanol–water partition coefficient (Wildman–Crippen LogP) is 1.37. The van der Waals surface area contributed by atoms with E-state index in [1.807, 2.05) is 6.92 Å². The Labute approximate surface area is 91.5 Å². The van der Waals surface area contributed by atoms with Crippen LogP contribution in [-0.4, -0.2) is 29.3 Å². The molecule has 1 unspecified atom stereocenters. The van der Waals surface area contributed by atoms with Gasteiger partial charge in [0.2, 0.25) is 0 Å². The number of nitrogens with two attached hydrogens (primary N) is 1. The number of hydrogen-bond donors (Lipinski definition) is 3. The summed E-state index contributed by atoms with van der Waals surface area (Å²) in [6.45, 7) is 2.29. The molecule has 1 atom stereocenters. The molecule has 0 saturated carbocycles. The highest BCUT2D eigenvalue weighted by atomic mass is 16.4. The van der Waals surface area contributed by atoms with Gasteiger partial charge in [0.1, 0.15) is 0 Å². The van der Waals surface area contributed by atoms with Crippen molar-refractivity contribution in [1.29, 1.82) is 0 Å². The van der Waals surface area contributed by atoms with Crippen molar-refractivity contribution >= 4 is 5.97 Å². The van der Waals surface area contributed by atoms with Crippen molar-refractivity contribution < 1.29 is 15.0 Å². The van der Waals surface area contributed by atoms with Crippen molar-refractivity contribution in [1.82, 2.24) is 0 Å². The summed E-state index contributed by atoms with van der Waals surface area (Å²) in [6.07, 6.45) is 4.82. The number of carboxylic acid groups (broad SMARTS) is 1. The zero-order valence-electron chi connectivity index (χ0n) is 9.54. The van der Waals surface area contributed by atoms with Gasteiger partial charge in [-0.1, -0.05) is 26.2 Å². The summed E-state index contributed by atoms with van der Waals surface area (Å²) in [6, 6.07) is 0. The summed E-state index contributed by atoms with van der Waals surface area (Å²) in [5, 5.41) is 17.7. The molecule has 0 aliphatic rings. The molecule has 0 aliphatic carbocycles. The normalized spacial score (nSPS) is 14.9. The molecule has 0 spiro atoms. The molecule has 0 rings (SSSR count). The first-order valence-corrected chi connectivity index (χ1v) is 5.67. The minimum absolute atomic E-state index is 0.207. The molecule has 4 nitrogen and oxygen atoms in total. The van der Waals surface area contributed by atoms with Gasteiger partial charge >= 0.3 is 5.97 Å². The van der Waals surface area contributed by atoms with E-state index in [9.17, 15) is 4.79 Å². The van der Waals surface area contributed by atoms with Crippen LogP contribution in [0.25, 0.3) is 0 Å². The van der Waals surface area contributed by atoms with E-state index in [0.717, 1.165) is 25.7 Å². The second-order valence-electron chi connectivity index (χ2n) is 4.03. The van der Waals surface area contributed by atoms with Gasteiger partial charge in [0.05, 0.1) is 5.41 Å². The fourth-order valence-corrected chi connectivity index (χ4v) is 1.70. The van der Waals surface area contributed by atoms with Crippen molar-refractivity contribution in [2.24, 2.45) is 11.1 Å². The monoisotopic (exact) mass is 217 g/mol. The van der Waals surface area contributed by atoms with E-state index < -0.39 is 11.4 Å². The molecule has 0 heterocycles. The van der Waals surface area contributed by atoms with Gasteiger partial charge in [0, 0.05) is 13.2 Å². The molecule has 0 aromatic rings. The van der Waals surface area contributed by atoms with Crippen LogP contribution in [0.5, 0.6) is 0 Å². The lowest BCUT2D eigenvalue weighted by Gasteiger charge is -2.26. The van der Waals surface area contributed by atoms with Gasteiger partial charge in [-0.2, -0.15) is 0 Å². The quantitative estimate of drug-likeness (QED) is 0.509. The van der Waals surface area contributed by atoms with E-state index in [1.54, 1.807) is 0 Å². The lowest BCUT2D eigenvalue weighted by atomic mass is 9.80. The van der Waals surface area contributed by atoms with E-state index in [2.05, 4.69) is 0 Å². The van der Waals surface area contributed by atoms with Crippen LogP contribution in [0, 0.1) is 5.41 Å². The Morgan fingerprint density at radius 2 is 1.87 bits per heavy atom. The Kier molecular flexibility index (Phi) is 7.34. The van der Waals surface area contributed by atoms with Crippen LogP contribution >= 0.6 is 0 Å². The molecular weight excluding hydrogens is 194 g/mol. The summed E-state index contributed by atoms with van der Waals surface area (Å²) in [5.41, 5.74) is 4.80. The number of aliphatic hydroxyl groups excluding tert-OH is 1. The van der Waals surface area contributed by atoms with Gasteiger partial charge in [0.25, 0.3) is 0 Å². The number of rotatable bonds is 9. The Hall–Kier alpha value is -0.610. The molecule has 0 amide bonds. The summed E-state index contributed by atoms with van der Waals surface area (Å²) in [7, 11) is 0. The van der Waals surface area contributed by atoms with E-state index in [-0.39, 0.29) is 13.2 Å². The number of carboxylic acids is 1. The third-order valence-corrected chi connectivity index (χ3v) is 3.08. The van der Waals surface area contributed by atoms with Gasteiger partial charge < -0.3 is 15.9 Å². The molecule has 0 aromatic heterocycles. The maximum absolute atomic E-state index is 11.1. The molecule has 0 aliphatic heterocycles. The maximum atomic E-state index is 11.1. The van der Waals surface area contributed by atoms with E-state index in [4.69, 9.17) is 15.9 Å². The smallest absolute Gasteiger partial charge is 0.310 e. The Balaban J connectivity index is 3.91. The topological polar surface area (TPSA) is 83.5 Å². The van der Waals surface area contributed by atoms with E-state index in [1.165, 1.54) is 0 Å². The molecule has 0 aromatic carbocycles. The number of unbranched alkanes of at least 4 members (excludes halogenated alkanes) is 3. The first kappa shape index (κ1) is 14.4. The molecule has 90 valence electrons. The van der Waals surface area contributed by atoms with E-state index in [0.29, 0.717) is 12.8 Å². The van der Waals surface area contributed by atoms with Crippen molar-refractivity contribution in [3.63, 3.8) is 0 Å². The predicted molar refractivity (Wildman–Crippen MR) is 59.6 cm³/mol. The molecule has 4 heteroatoms. The third-order valence-electron chi connectivity index (χ3n) is 3.08. The van der Waals surface area contributed by atoms with Gasteiger partial charge in [-0.05, 0) is 19.3 Å². The lowest BCUT2D eigenvalue weighted by Crippen LogP contribution is -2.38. The lowest BCUT2D eigenvalue weighted by molar-refractivity contribution is -0.149. The van der Waals surface area contributed by atoms with Crippen molar-refractivity contribution in [3.05, 3.63) is 0 Å². The fraction of sp³-hybridized carbons (Fsp3) is 0.909. The molecule has 0 bridgehead atoms. The average molecular weight is 217 g/mol. The third kappa shape index (κ3) is 4.62. The highest BCUT2D eigenvalue weighted by Gasteiger charge is 2.34. The highest BCUT2D eigenvalue weighted by Crippen LogP contribution is 2.28. The first-order chi connectivity index (χ1) is 7.13. The van der Waals surface area contributed by atoms with Gasteiger partial charge in [-0.15, -0.1) is 0 Å². The highest BCUT2D eigenvalue weighted by molar-refractivity contribution is 5.74. The summed E-state index contributed by atoms with van der Waals surface area (Å²) < 4.78 is 0. The maximum Gasteiger partial charge on any atom is 0.310 e. The molecule has 0 radical (unpaired) electrons. The van der Waals surface area contributed by atoms with Crippen molar-refractivity contribution in [2.75, 3.05) is 13.2 Å². The zero-order valence-corrected chi connectivity index (χ0v) is 9.54. The molecule has 0 saturated heterocycles. The Morgan fingerprint density at radius 1 is 1.27 bits per heavy atom. The molecular formula is C11H23NO3.